The van der Waals surface area contributed by atoms with Gasteiger partial charge in [-0.3, -0.25) is 4.68 Å². The van der Waals surface area contributed by atoms with Gasteiger partial charge in [-0.2, -0.15) is 5.10 Å². The van der Waals surface area contributed by atoms with Crippen LogP contribution in [0.1, 0.15) is 55.0 Å². The molecule has 3 N–H and O–H groups in total. The Balaban J connectivity index is 1.57. The van der Waals surface area contributed by atoms with Gasteiger partial charge >= 0.3 is 6.03 Å². The number of carbonyl (C=O) groups excluding carboxylic acids is 1. The lowest BCUT2D eigenvalue weighted by Gasteiger charge is -2.17. The highest BCUT2D eigenvalue weighted by Gasteiger charge is 2.26. The summed E-state index contributed by atoms with van der Waals surface area (Å²) in [4.78, 5) is 12.8. The SMILES string of the molecule is CC(C)n1cc(S(=N)(=O)NC(=O)Nc2c3c(cc4c2CCC4)CCC3)cn1. The summed E-state index contributed by atoms with van der Waals surface area (Å²) in [7, 11) is -3.47. The quantitative estimate of drug-likeness (QED) is 0.747. The lowest BCUT2D eigenvalue weighted by Crippen LogP contribution is -2.34. The molecule has 1 unspecified atom stereocenters. The summed E-state index contributed by atoms with van der Waals surface area (Å²) in [5, 5.41) is 7.04. The fourth-order valence-corrected chi connectivity index (χ4v) is 4.93. The number of amides is 2. The molecule has 2 aliphatic rings. The van der Waals surface area contributed by atoms with Gasteiger partial charge in [0.25, 0.3) is 0 Å². The highest BCUT2D eigenvalue weighted by molar-refractivity contribution is 7.91. The van der Waals surface area contributed by atoms with E-state index >= 15 is 0 Å². The lowest BCUT2D eigenvalue weighted by molar-refractivity contribution is 0.256. The average molecular weight is 388 g/mol. The number of fused-ring (bicyclic) bond motifs is 2. The molecular formula is C19H25N5O2S. The zero-order valence-corrected chi connectivity index (χ0v) is 16.5. The smallest absolute Gasteiger partial charge is 0.307 e. The molecule has 1 aromatic carbocycles. The predicted octanol–water partition coefficient (Wildman–Crippen LogP) is 3.58. The second-order valence-corrected chi connectivity index (χ2v) is 9.38. The van der Waals surface area contributed by atoms with Crippen LogP contribution in [0.15, 0.2) is 23.4 Å². The molecule has 2 aliphatic carbocycles. The van der Waals surface area contributed by atoms with Gasteiger partial charge < -0.3 is 5.32 Å². The second-order valence-electron chi connectivity index (χ2n) is 7.60. The van der Waals surface area contributed by atoms with Gasteiger partial charge in [0.1, 0.15) is 4.90 Å². The van der Waals surface area contributed by atoms with Gasteiger partial charge in [0.15, 0.2) is 9.92 Å². The van der Waals surface area contributed by atoms with Gasteiger partial charge in [0.2, 0.25) is 0 Å². The fraction of sp³-hybridized carbons (Fsp3) is 0.474. The Bertz CT molecular complexity index is 975. The second kappa shape index (κ2) is 6.67. The molecule has 7 nitrogen and oxygen atoms in total. The minimum Gasteiger partial charge on any atom is -0.307 e. The van der Waals surface area contributed by atoms with Crippen LogP contribution in [0.2, 0.25) is 0 Å². The number of rotatable bonds is 4. The Morgan fingerprint density at radius 1 is 1.19 bits per heavy atom. The monoisotopic (exact) mass is 387 g/mol. The predicted molar refractivity (Wildman–Crippen MR) is 104 cm³/mol. The topological polar surface area (TPSA) is 99.9 Å². The standard InChI is InChI=1S/C19H25N5O2S/c1-12(2)24-11-15(10-21-24)27(20,26)23-19(25)22-18-16-7-3-5-13(16)9-14-6-4-8-17(14)18/h9-12H,3-8H2,1-2H3,(H3,20,22,23,25,26). The molecule has 2 aromatic rings. The first kappa shape index (κ1) is 18.0. The number of aromatic nitrogens is 2. The van der Waals surface area contributed by atoms with Crippen molar-refractivity contribution in [1.29, 1.82) is 4.78 Å². The third kappa shape index (κ3) is 3.34. The molecule has 0 aliphatic heterocycles. The first-order valence-electron chi connectivity index (χ1n) is 9.43. The normalized spacial score (nSPS) is 17.4. The molecule has 0 bridgehead atoms. The molecule has 8 heteroatoms. The van der Waals surface area contributed by atoms with Crippen molar-refractivity contribution in [3.63, 3.8) is 0 Å². The number of anilines is 1. The first-order valence-corrected chi connectivity index (χ1v) is 11.0. The zero-order chi connectivity index (χ0) is 19.2. The van der Waals surface area contributed by atoms with E-state index in [2.05, 4.69) is 21.2 Å². The van der Waals surface area contributed by atoms with Crippen LogP contribution in [0, 0.1) is 4.78 Å². The van der Waals surface area contributed by atoms with Crippen LogP contribution in [0.4, 0.5) is 10.5 Å². The lowest BCUT2D eigenvalue weighted by atomic mass is 9.99. The molecule has 1 atom stereocenters. The average Bonchev–Trinajstić information content (AvgIpc) is 3.34. The van der Waals surface area contributed by atoms with Crippen LogP contribution in [0.5, 0.6) is 0 Å². The largest absolute Gasteiger partial charge is 0.331 e. The summed E-state index contributed by atoms with van der Waals surface area (Å²) in [6, 6.07) is 1.79. The number of carbonyl (C=O) groups is 1. The zero-order valence-electron chi connectivity index (χ0n) is 15.7. The Morgan fingerprint density at radius 2 is 1.81 bits per heavy atom. The van der Waals surface area contributed by atoms with Crippen LogP contribution in [0.25, 0.3) is 0 Å². The van der Waals surface area contributed by atoms with E-state index in [0.717, 1.165) is 44.2 Å². The van der Waals surface area contributed by atoms with Crippen molar-refractivity contribution in [2.24, 2.45) is 0 Å². The van der Waals surface area contributed by atoms with Crippen LogP contribution < -0.4 is 10.0 Å². The van der Waals surface area contributed by atoms with Gasteiger partial charge in [-0.25, -0.2) is 18.5 Å². The van der Waals surface area contributed by atoms with E-state index in [1.165, 1.54) is 28.5 Å². The Hall–Kier alpha value is -2.35. The molecule has 1 aromatic heterocycles. The van der Waals surface area contributed by atoms with Gasteiger partial charge in [-0.15, -0.1) is 0 Å². The van der Waals surface area contributed by atoms with Crippen molar-refractivity contribution < 1.29 is 9.00 Å². The van der Waals surface area contributed by atoms with E-state index in [9.17, 15) is 9.00 Å². The molecule has 0 saturated heterocycles. The van der Waals surface area contributed by atoms with E-state index in [1.54, 1.807) is 10.9 Å². The number of nitrogens with one attached hydrogen (secondary N) is 3. The maximum Gasteiger partial charge on any atom is 0.331 e. The summed E-state index contributed by atoms with van der Waals surface area (Å²) in [6.07, 6.45) is 9.12. The number of urea groups is 1. The van der Waals surface area contributed by atoms with Crippen LogP contribution in [0.3, 0.4) is 0 Å². The summed E-state index contributed by atoms with van der Waals surface area (Å²) < 4.78 is 24.8. The number of benzene rings is 1. The van der Waals surface area contributed by atoms with Crippen LogP contribution in [-0.2, 0) is 35.6 Å². The van der Waals surface area contributed by atoms with Crippen LogP contribution in [-0.4, -0.2) is 20.0 Å². The molecule has 0 fully saturated rings. The maximum atomic E-state index is 12.7. The summed E-state index contributed by atoms with van der Waals surface area (Å²) >= 11 is 0. The van der Waals surface area contributed by atoms with Crippen molar-refractivity contribution in [3.8, 4) is 0 Å². The highest BCUT2D eigenvalue weighted by atomic mass is 32.2. The number of hydrogen-bond donors (Lipinski definition) is 3. The molecule has 0 spiro atoms. The molecular weight excluding hydrogens is 362 g/mol. The third-order valence-corrected chi connectivity index (χ3v) is 6.73. The fourth-order valence-electron chi connectivity index (χ4n) is 4.05. The molecule has 4 rings (SSSR count). The number of aryl methyl sites for hydroxylation is 2. The number of nitrogens with zero attached hydrogens (tertiary/aromatic N) is 2. The third-order valence-electron chi connectivity index (χ3n) is 5.39. The van der Waals surface area contributed by atoms with Gasteiger partial charge in [0.05, 0.1) is 6.20 Å². The number of hydrogen-bond acceptors (Lipinski definition) is 4. The first-order chi connectivity index (χ1) is 12.8. The molecule has 27 heavy (non-hydrogen) atoms. The molecule has 1 heterocycles. The molecule has 144 valence electrons. The van der Waals surface area contributed by atoms with E-state index in [-0.39, 0.29) is 10.9 Å². The molecule has 0 radical (unpaired) electrons. The van der Waals surface area contributed by atoms with Gasteiger partial charge in [-0.1, -0.05) is 6.07 Å². The van der Waals surface area contributed by atoms with Crippen molar-refractivity contribution in [2.75, 3.05) is 5.32 Å². The van der Waals surface area contributed by atoms with E-state index in [4.69, 9.17) is 4.78 Å². The minimum atomic E-state index is -3.47. The Kier molecular flexibility index (Phi) is 4.46. The van der Waals surface area contributed by atoms with Crippen molar-refractivity contribution in [3.05, 3.63) is 40.7 Å². The van der Waals surface area contributed by atoms with Gasteiger partial charge in [0, 0.05) is 17.9 Å². The van der Waals surface area contributed by atoms with E-state index in [1.807, 2.05) is 13.8 Å². The van der Waals surface area contributed by atoms with Crippen LogP contribution >= 0.6 is 0 Å². The van der Waals surface area contributed by atoms with E-state index < -0.39 is 15.9 Å². The van der Waals surface area contributed by atoms with Gasteiger partial charge in [-0.05, 0) is 74.6 Å². The summed E-state index contributed by atoms with van der Waals surface area (Å²) in [5.74, 6) is 0. The highest BCUT2D eigenvalue weighted by Crippen LogP contribution is 2.38. The molecule has 2 amide bonds. The summed E-state index contributed by atoms with van der Waals surface area (Å²) in [5.41, 5.74) is 5.92. The maximum absolute atomic E-state index is 12.7. The van der Waals surface area contributed by atoms with Crippen molar-refractivity contribution >= 4 is 21.6 Å². The summed E-state index contributed by atoms with van der Waals surface area (Å²) in [6.45, 7) is 3.89. The van der Waals surface area contributed by atoms with Crippen molar-refractivity contribution in [2.45, 2.75) is 63.3 Å². The van der Waals surface area contributed by atoms with E-state index in [0.29, 0.717) is 0 Å². The van der Waals surface area contributed by atoms with Crippen molar-refractivity contribution in [1.82, 2.24) is 14.5 Å². The Morgan fingerprint density at radius 3 is 2.37 bits per heavy atom. The minimum absolute atomic E-state index is 0.0947. The Labute approximate surface area is 159 Å². The molecule has 0 saturated carbocycles.